The van der Waals surface area contributed by atoms with Crippen LogP contribution in [-0.4, -0.2) is 25.0 Å². The number of rotatable bonds is 7. The fourth-order valence-electron chi connectivity index (χ4n) is 3.58. The van der Waals surface area contributed by atoms with E-state index in [1.165, 1.54) is 11.1 Å². The van der Waals surface area contributed by atoms with Crippen molar-refractivity contribution in [1.82, 2.24) is 0 Å². The lowest BCUT2D eigenvalue weighted by Gasteiger charge is -2.18. The molecule has 0 saturated carbocycles. The Morgan fingerprint density at radius 2 is 1.14 bits per heavy atom. The second-order valence-corrected chi connectivity index (χ2v) is 7.25. The first-order chi connectivity index (χ1) is 13.7. The van der Waals surface area contributed by atoms with E-state index in [1.807, 2.05) is 24.3 Å². The van der Waals surface area contributed by atoms with E-state index in [1.54, 1.807) is 0 Å². The zero-order chi connectivity index (χ0) is 19.3. The van der Waals surface area contributed by atoms with Crippen LogP contribution in [0.25, 0.3) is 0 Å². The summed E-state index contributed by atoms with van der Waals surface area (Å²) in [6.45, 7) is 0.186. The zero-order valence-corrected chi connectivity index (χ0v) is 15.8. The maximum Gasteiger partial charge on any atom is 0.262 e. The largest absolute Gasteiger partial charge is 0.482 e. The number of anilines is 2. The van der Waals surface area contributed by atoms with Crippen molar-refractivity contribution in [3.8, 4) is 11.5 Å². The number of ether oxygens (including phenoxy) is 2. The SMILES string of the molecule is O=C1COc2ccc(CCCCCCc3ccc4c(c3)NC(=O)CO4)cc2N1. The molecule has 0 unspecified atom stereocenters. The third-order valence-electron chi connectivity index (χ3n) is 5.03. The Morgan fingerprint density at radius 1 is 0.679 bits per heavy atom. The molecule has 2 heterocycles. The molecule has 0 bridgehead atoms. The van der Waals surface area contributed by atoms with Crippen LogP contribution in [0, 0.1) is 0 Å². The van der Waals surface area contributed by atoms with Gasteiger partial charge >= 0.3 is 0 Å². The topological polar surface area (TPSA) is 76.7 Å². The van der Waals surface area contributed by atoms with Gasteiger partial charge in [0.2, 0.25) is 0 Å². The molecule has 6 nitrogen and oxygen atoms in total. The number of unbranched alkanes of at least 4 members (excludes halogenated alkanes) is 3. The van der Waals surface area contributed by atoms with Gasteiger partial charge in [-0.05, 0) is 61.1 Å². The van der Waals surface area contributed by atoms with Crippen LogP contribution in [0.2, 0.25) is 0 Å². The van der Waals surface area contributed by atoms with E-state index in [2.05, 4.69) is 22.8 Å². The van der Waals surface area contributed by atoms with Gasteiger partial charge in [-0.3, -0.25) is 9.59 Å². The number of benzene rings is 2. The quantitative estimate of drug-likeness (QED) is 0.718. The van der Waals surface area contributed by atoms with Crippen molar-refractivity contribution < 1.29 is 19.1 Å². The Hall–Kier alpha value is -3.02. The lowest BCUT2D eigenvalue weighted by Crippen LogP contribution is -2.25. The summed E-state index contributed by atoms with van der Waals surface area (Å²) >= 11 is 0. The molecule has 0 aromatic heterocycles. The molecule has 0 fully saturated rings. The molecule has 2 N–H and O–H groups in total. The summed E-state index contributed by atoms with van der Waals surface area (Å²) in [5.41, 5.74) is 3.99. The standard InChI is InChI=1S/C22H24N2O4/c25-21-13-27-19-9-7-15(11-17(19)23-21)5-3-1-2-4-6-16-8-10-20-18(12-16)24-22(26)14-28-20/h7-12H,1-6,13-14H2,(H,23,25)(H,24,26). The molecule has 2 aliphatic heterocycles. The summed E-state index contributed by atoms with van der Waals surface area (Å²) in [4.78, 5) is 22.8. The molecule has 4 rings (SSSR count). The number of fused-ring (bicyclic) bond motifs is 2. The van der Waals surface area contributed by atoms with Crippen molar-refractivity contribution in [3.63, 3.8) is 0 Å². The minimum atomic E-state index is -0.0991. The van der Waals surface area contributed by atoms with Gasteiger partial charge in [0.05, 0.1) is 11.4 Å². The van der Waals surface area contributed by atoms with Gasteiger partial charge < -0.3 is 20.1 Å². The Bertz CT molecular complexity index is 821. The van der Waals surface area contributed by atoms with Gasteiger partial charge in [-0.1, -0.05) is 25.0 Å². The molecule has 2 aliphatic rings. The van der Waals surface area contributed by atoms with E-state index in [0.717, 1.165) is 61.4 Å². The van der Waals surface area contributed by atoms with E-state index in [-0.39, 0.29) is 25.0 Å². The molecule has 2 aromatic carbocycles. The van der Waals surface area contributed by atoms with E-state index in [0.29, 0.717) is 0 Å². The van der Waals surface area contributed by atoms with E-state index in [4.69, 9.17) is 9.47 Å². The summed E-state index contributed by atoms with van der Waals surface area (Å²) in [6, 6.07) is 12.0. The van der Waals surface area contributed by atoms with Crippen molar-refractivity contribution >= 4 is 23.2 Å². The molecule has 0 atom stereocenters. The fraction of sp³-hybridized carbons (Fsp3) is 0.364. The number of hydrogen-bond donors (Lipinski definition) is 2. The molecular formula is C22H24N2O4. The molecule has 6 heteroatoms. The third-order valence-corrected chi connectivity index (χ3v) is 5.03. The highest BCUT2D eigenvalue weighted by Gasteiger charge is 2.16. The van der Waals surface area contributed by atoms with Gasteiger partial charge in [-0.15, -0.1) is 0 Å². The lowest BCUT2D eigenvalue weighted by atomic mass is 10.0. The van der Waals surface area contributed by atoms with Crippen LogP contribution in [0.4, 0.5) is 11.4 Å². The van der Waals surface area contributed by atoms with Crippen LogP contribution in [0.15, 0.2) is 36.4 Å². The molecule has 0 radical (unpaired) electrons. The number of hydrogen-bond acceptors (Lipinski definition) is 4. The first-order valence-corrected chi connectivity index (χ1v) is 9.78. The predicted octanol–water partition coefficient (Wildman–Crippen LogP) is 3.69. The van der Waals surface area contributed by atoms with Crippen molar-refractivity contribution in [3.05, 3.63) is 47.5 Å². The van der Waals surface area contributed by atoms with Gasteiger partial charge in [-0.2, -0.15) is 0 Å². The molecule has 0 saturated heterocycles. The highest BCUT2D eigenvalue weighted by molar-refractivity contribution is 5.96. The molecular weight excluding hydrogens is 356 g/mol. The number of nitrogens with one attached hydrogen (secondary N) is 2. The van der Waals surface area contributed by atoms with Crippen molar-refractivity contribution in [1.29, 1.82) is 0 Å². The predicted molar refractivity (Wildman–Crippen MR) is 107 cm³/mol. The maximum atomic E-state index is 11.4. The number of amides is 2. The summed E-state index contributed by atoms with van der Waals surface area (Å²) in [7, 11) is 0. The molecule has 0 aliphatic carbocycles. The van der Waals surface area contributed by atoms with Crippen LogP contribution < -0.4 is 20.1 Å². The van der Waals surface area contributed by atoms with Crippen LogP contribution in [0.1, 0.15) is 36.8 Å². The second-order valence-electron chi connectivity index (χ2n) is 7.25. The summed E-state index contributed by atoms with van der Waals surface area (Å²) < 4.78 is 10.8. The Kier molecular flexibility index (Phi) is 5.46. The molecule has 28 heavy (non-hydrogen) atoms. The highest BCUT2D eigenvalue weighted by atomic mass is 16.5. The normalized spacial score (nSPS) is 14.9. The van der Waals surface area contributed by atoms with Crippen LogP contribution in [0.3, 0.4) is 0 Å². The van der Waals surface area contributed by atoms with Crippen molar-refractivity contribution in [2.45, 2.75) is 38.5 Å². The first-order valence-electron chi connectivity index (χ1n) is 9.78. The third kappa shape index (κ3) is 4.44. The lowest BCUT2D eigenvalue weighted by molar-refractivity contribution is -0.119. The summed E-state index contributed by atoms with van der Waals surface area (Å²) in [5.74, 6) is 1.29. The van der Waals surface area contributed by atoms with Crippen LogP contribution in [0.5, 0.6) is 11.5 Å². The first kappa shape index (κ1) is 18.3. The molecule has 0 spiro atoms. The zero-order valence-electron chi connectivity index (χ0n) is 15.8. The molecule has 2 amide bonds. The molecule has 146 valence electrons. The van der Waals surface area contributed by atoms with Gasteiger partial charge in [0.1, 0.15) is 11.5 Å². The number of carbonyl (C=O) groups is 2. The van der Waals surface area contributed by atoms with Crippen molar-refractivity contribution in [2.24, 2.45) is 0 Å². The van der Waals surface area contributed by atoms with Crippen LogP contribution in [-0.2, 0) is 22.4 Å². The minimum absolute atomic E-state index is 0.0932. The van der Waals surface area contributed by atoms with E-state index < -0.39 is 0 Å². The molecule has 2 aromatic rings. The Balaban J connectivity index is 1.19. The highest BCUT2D eigenvalue weighted by Crippen LogP contribution is 2.30. The van der Waals surface area contributed by atoms with Crippen molar-refractivity contribution in [2.75, 3.05) is 23.8 Å². The van der Waals surface area contributed by atoms with Gasteiger partial charge in [0.25, 0.3) is 11.8 Å². The monoisotopic (exact) mass is 380 g/mol. The summed E-state index contributed by atoms with van der Waals surface area (Å²) in [5, 5.41) is 5.71. The maximum absolute atomic E-state index is 11.4. The minimum Gasteiger partial charge on any atom is -0.482 e. The van der Waals surface area contributed by atoms with E-state index in [9.17, 15) is 9.59 Å². The summed E-state index contributed by atoms with van der Waals surface area (Å²) in [6.07, 6.45) is 6.52. The fourth-order valence-corrected chi connectivity index (χ4v) is 3.58. The van der Waals surface area contributed by atoms with Gasteiger partial charge in [0.15, 0.2) is 13.2 Å². The average molecular weight is 380 g/mol. The van der Waals surface area contributed by atoms with Gasteiger partial charge in [-0.25, -0.2) is 0 Å². The van der Waals surface area contributed by atoms with Crippen LogP contribution >= 0.6 is 0 Å². The van der Waals surface area contributed by atoms with Gasteiger partial charge in [0, 0.05) is 0 Å². The Labute approximate surface area is 164 Å². The number of carbonyl (C=O) groups excluding carboxylic acids is 2. The van der Waals surface area contributed by atoms with E-state index >= 15 is 0 Å². The number of aryl methyl sites for hydroxylation is 2. The second kappa shape index (κ2) is 8.33. The Morgan fingerprint density at radius 3 is 1.61 bits per heavy atom. The average Bonchev–Trinajstić information content (AvgIpc) is 2.70. The smallest absolute Gasteiger partial charge is 0.262 e.